The monoisotopic (exact) mass is 446 g/mol. The van der Waals surface area contributed by atoms with Gasteiger partial charge in [-0.2, -0.15) is 4.31 Å². The second-order valence-electron chi connectivity index (χ2n) is 6.81. The summed E-state index contributed by atoms with van der Waals surface area (Å²) in [4.78, 5) is 17.1. The van der Waals surface area contributed by atoms with Crippen LogP contribution in [0.5, 0.6) is 0 Å². The highest BCUT2D eigenvalue weighted by Crippen LogP contribution is 2.30. The molecule has 1 aliphatic rings. The molecule has 2 heterocycles. The summed E-state index contributed by atoms with van der Waals surface area (Å²) in [6, 6.07) is 3.80. The van der Waals surface area contributed by atoms with E-state index in [1.807, 2.05) is 0 Å². The largest absolute Gasteiger partial charge is 0.301 e. The molecule has 0 saturated carbocycles. The zero-order valence-corrected chi connectivity index (χ0v) is 18.2. The van der Waals surface area contributed by atoms with Gasteiger partial charge in [0.15, 0.2) is 5.13 Å². The third-order valence-corrected chi connectivity index (χ3v) is 8.58. The van der Waals surface area contributed by atoms with Crippen molar-refractivity contribution < 1.29 is 21.6 Å². The number of hydrogen-bond donors (Lipinski definition) is 1. The van der Waals surface area contributed by atoms with Crippen LogP contribution in [0, 0.1) is 0 Å². The van der Waals surface area contributed by atoms with Crippen LogP contribution in [0.15, 0.2) is 23.1 Å². The number of piperidine rings is 1. The molecule has 1 atom stereocenters. The lowest BCUT2D eigenvalue weighted by molar-refractivity contribution is -0.120. The van der Waals surface area contributed by atoms with E-state index in [4.69, 9.17) is 0 Å². The normalized spacial score (nSPS) is 19.2. The summed E-state index contributed by atoms with van der Waals surface area (Å²) >= 11 is 1.15. The fourth-order valence-corrected chi connectivity index (χ4v) is 6.12. The number of nitrogens with one attached hydrogen (secondary N) is 1. The van der Waals surface area contributed by atoms with Gasteiger partial charge < -0.3 is 5.32 Å². The quantitative estimate of drug-likeness (QED) is 0.740. The number of sulfonamides is 2. The lowest BCUT2D eigenvalue weighted by atomic mass is 10.0. The van der Waals surface area contributed by atoms with Gasteiger partial charge in [0, 0.05) is 20.6 Å². The van der Waals surface area contributed by atoms with E-state index in [-0.39, 0.29) is 4.90 Å². The van der Waals surface area contributed by atoms with Crippen LogP contribution < -0.4 is 5.32 Å². The topological polar surface area (TPSA) is 117 Å². The molecule has 1 unspecified atom stereocenters. The molecule has 1 fully saturated rings. The first-order valence-corrected chi connectivity index (χ1v) is 12.7. The number of benzene rings is 1. The summed E-state index contributed by atoms with van der Waals surface area (Å²) in [5.41, 5.74) is 0.557. The molecule has 0 bridgehead atoms. The van der Waals surface area contributed by atoms with Crippen molar-refractivity contribution in [2.45, 2.75) is 30.2 Å². The number of rotatable bonds is 5. The summed E-state index contributed by atoms with van der Waals surface area (Å²) < 4.78 is 51.4. The maximum atomic E-state index is 12.7. The lowest BCUT2D eigenvalue weighted by Crippen LogP contribution is -2.49. The van der Waals surface area contributed by atoms with Crippen molar-refractivity contribution >= 4 is 52.6 Å². The predicted molar refractivity (Wildman–Crippen MR) is 108 cm³/mol. The number of aromatic nitrogens is 1. The number of hydrogen-bond acceptors (Lipinski definition) is 7. The minimum Gasteiger partial charge on any atom is -0.301 e. The lowest BCUT2D eigenvalue weighted by Gasteiger charge is -2.32. The second-order valence-corrected chi connectivity index (χ2v) is 11.9. The van der Waals surface area contributed by atoms with Gasteiger partial charge in [0.05, 0.1) is 21.4 Å². The molecule has 12 heteroatoms. The molecule has 154 valence electrons. The number of carbonyl (C=O) groups is 1. The fraction of sp³-hybridized carbons (Fsp3) is 0.500. The van der Waals surface area contributed by atoms with Crippen LogP contribution in [0.1, 0.15) is 19.3 Å². The Hall–Kier alpha value is -1.60. The molecule has 1 aromatic heterocycles. The maximum absolute atomic E-state index is 12.7. The molecule has 28 heavy (non-hydrogen) atoms. The third kappa shape index (κ3) is 4.20. The fourth-order valence-electron chi connectivity index (χ4n) is 3.08. The van der Waals surface area contributed by atoms with Gasteiger partial charge in [-0.1, -0.05) is 17.8 Å². The number of thiazole rings is 1. The molecule has 3 rings (SSSR count). The highest BCUT2D eigenvalue weighted by Gasteiger charge is 2.34. The van der Waals surface area contributed by atoms with Crippen LogP contribution in [0.2, 0.25) is 0 Å². The number of fused-ring (bicyclic) bond motifs is 1. The first-order valence-electron chi connectivity index (χ1n) is 8.61. The molecule has 0 spiro atoms. The van der Waals surface area contributed by atoms with E-state index in [9.17, 15) is 21.6 Å². The summed E-state index contributed by atoms with van der Waals surface area (Å²) in [6.45, 7) is 0.322. The van der Waals surface area contributed by atoms with Gasteiger partial charge in [-0.25, -0.2) is 26.1 Å². The number of anilines is 1. The molecular formula is C16H22N4O5S3. The molecule has 0 aliphatic carbocycles. The van der Waals surface area contributed by atoms with Crippen molar-refractivity contribution in [3.63, 3.8) is 0 Å². The molecule has 1 aliphatic heterocycles. The highest BCUT2D eigenvalue weighted by molar-refractivity contribution is 7.89. The summed E-state index contributed by atoms with van der Waals surface area (Å²) in [7, 11) is -4.15. The van der Waals surface area contributed by atoms with E-state index >= 15 is 0 Å². The molecule has 1 amide bonds. The molecule has 1 saturated heterocycles. The van der Waals surface area contributed by atoms with Crippen LogP contribution in [-0.4, -0.2) is 69.3 Å². The van der Waals surface area contributed by atoms with Gasteiger partial charge in [-0.05, 0) is 31.0 Å². The SMILES string of the molecule is CN(C)S(=O)(=O)c1ccc2nc(NC(=O)C3CCCCN3S(C)(=O)=O)sc2c1. The van der Waals surface area contributed by atoms with Crippen molar-refractivity contribution in [1.82, 2.24) is 13.6 Å². The van der Waals surface area contributed by atoms with Gasteiger partial charge >= 0.3 is 0 Å². The van der Waals surface area contributed by atoms with Gasteiger partial charge in [0.2, 0.25) is 26.0 Å². The predicted octanol–water partition coefficient (Wildman–Crippen LogP) is 1.30. The van der Waals surface area contributed by atoms with E-state index in [0.717, 1.165) is 34.7 Å². The number of carbonyl (C=O) groups excluding carboxylic acids is 1. The van der Waals surface area contributed by atoms with Crippen LogP contribution in [0.4, 0.5) is 5.13 Å². The van der Waals surface area contributed by atoms with Crippen molar-refractivity contribution in [2.75, 3.05) is 32.2 Å². The molecule has 9 nitrogen and oxygen atoms in total. The summed E-state index contributed by atoms with van der Waals surface area (Å²) in [6.07, 6.45) is 3.05. The van der Waals surface area contributed by atoms with Gasteiger partial charge in [0.1, 0.15) is 6.04 Å². The first-order chi connectivity index (χ1) is 13.0. The van der Waals surface area contributed by atoms with Crippen molar-refractivity contribution in [3.05, 3.63) is 18.2 Å². The van der Waals surface area contributed by atoms with E-state index < -0.39 is 32.0 Å². The first kappa shape index (κ1) is 21.1. The zero-order valence-electron chi connectivity index (χ0n) is 15.7. The van der Waals surface area contributed by atoms with E-state index in [0.29, 0.717) is 28.3 Å². The Balaban J connectivity index is 1.85. The van der Waals surface area contributed by atoms with E-state index in [2.05, 4.69) is 10.3 Å². The number of amides is 1. The maximum Gasteiger partial charge on any atom is 0.244 e. The summed E-state index contributed by atoms with van der Waals surface area (Å²) in [5.74, 6) is -0.426. The second kappa shape index (κ2) is 7.67. The standard InChI is InChI=1S/C16H22N4O5S3/c1-19(2)28(24,25)11-7-8-12-14(10-11)26-16(17-12)18-15(21)13-6-4-5-9-20(13)27(3,22)23/h7-8,10,13H,4-6,9H2,1-3H3,(H,17,18,21). The Labute approximate surface area is 168 Å². The van der Waals surface area contributed by atoms with E-state index in [1.54, 1.807) is 6.07 Å². The third-order valence-electron chi connectivity index (χ3n) is 4.55. The van der Waals surface area contributed by atoms with Crippen molar-refractivity contribution in [1.29, 1.82) is 0 Å². The molecule has 2 aromatic rings. The Bertz CT molecular complexity index is 1110. The average Bonchev–Trinajstić information content (AvgIpc) is 3.02. The Kier molecular flexibility index (Phi) is 5.79. The Morgan fingerprint density at radius 1 is 1.25 bits per heavy atom. The van der Waals surface area contributed by atoms with E-state index in [1.165, 1.54) is 30.5 Å². The van der Waals surface area contributed by atoms with Crippen LogP contribution in [0.3, 0.4) is 0 Å². The Morgan fingerprint density at radius 2 is 1.96 bits per heavy atom. The van der Waals surface area contributed by atoms with Crippen molar-refractivity contribution in [3.8, 4) is 0 Å². The minimum atomic E-state index is -3.57. The average molecular weight is 447 g/mol. The smallest absolute Gasteiger partial charge is 0.244 e. The highest BCUT2D eigenvalue weighted by atomic mass is 32.2. The van der Waals surface area contributed by atoms with Gasteiger partial charge in [-0.15, -0.1) is 0 Å². The molecule has 1 N–H and O–H groups in total. The van der Waals surface area contributed by atoms with Gasteiger partial charge in [-0.3, -0.25) is 4.79 Å². The molecule has 0 radical (unpaired) electrons. The molecule has 1 aromatic carbocycles. The minimum absolute atomic E-state index is 0.141. The Morgan fingerprint density at radius 3 is 2.61 bits per heavy atom. The van der Waals surface area contributed by atoms with Crippen molar-refractivity contribution in [2.24, 2.45) is 0 Å². The van der Waals surface area contributed by atoms with Crippen LogP contribution >= 0.6 is 11.3 Å². The number of nitrogens with zero attached hydrogens (tertiary/aromatic N) is 3. The summed E-state index contributed by atoms with van der Waals surface area (Å²) in [5, 5.41) is 2.99. The van der Waals surface area contributed by atoms with Crippen LogP contribution in [-0.2, 0) is 24.8 Å². The van der Waals surface area contributed by atoms with Gasteiger partial charge in [0.25, 0.3) is 0 Å². The zero-order chi connectivity index (χ0) is 20.7. The molecular weight excluding hydrogens is 424 g/mol. The van der Waals surface area contributed by atoms with Crippen LogP contribution in [0.25, 0.3) is 10.2 Å².